The van der Waals surface area contributed by atoms with Crippen LogP contribution in [-0.2, 0) is 16.0 Å². The van der Waals surface area contributed by atoms with Crippen LogP contribution in [0.25, 0.3) is 21.5 Å². The lowest BCUT2D eigenvalue weighted by molar-refractivity contribution is -0.152. The van der Waals surface area contributed by atoms with Crippen LogP contribution in [0.5, 0.6) is 5.75 Å². The van der Waals surface area contributed by atoms with Crippen LogP contribution in [0.4, 0.5) is 0 Å². The number of hydrogen-bond acceptors (Lipinski definition) is 3. The summed E-state index contributed by atoms with van der Waals surface area (Å²) < 4.78 is 5.90. The molecule has 0 fully saturated rings. The minimum absolute atomic E-state index is 0.352. The summed E-state index contributed by atoms with van der Waals surface area (Å²) in [5, 5.41) is 13.2. The van der Waals surface area contributed by atoms with Gasteiger partial charge >= 0.3 is 11.9 Å². The molecule has 0 bridgehead atoms. The normalized spacial score (nSPS) is 19.0. The molecule has 2 unspecified atom stereocenters. The van der Waals surface area contributed by atoms with E-state index in [1.165, 1.54) is 5.56 Å². The molecular formula is C24H22O4. The summed E-state index contributed by atoms with van der Waals surface area (Å²) in [6, 6.07) is 16.0. The molecule has 4 heteroatoms. The van der Waals surface area contributed by atoms with E-state index in [0.717, 1.165) is 28.0 Å². The molecule has 4 rings (SSSR count). The predicted octanol–water partition coefficient (Wildman–Crippen LogP) is 5.13. The maximum Gasteiger partial charge on any atom is 0.315 e. The molecule has 142 valence electrons. The lowest BCUT2D eigenvalue weighted by Crippen LogP contribution is -2.33. The number of carboxylic acids is 1. The van der Waals surface area contributed by atoms with Crippen LogP contribution in [-0.4, -0.2) is 17.0 Å². The van der Waals surface area contributed by atoms with Crippen LogP contribution in [0.15, 0.2) is 60.7 Å². The van der Waals surface area contributed by atoms with Gasteiger partial charge < -0.3 is 9.84 Å². The third-order valence-electron chi connectivity index (χ3n) is 5.54. The fourth-order valence-electron chi connectivity index (χ4n) is 3.93. The molecule has 28 heavy (non-hydrogen) atoms. The molecule has 1 N–H and O–H groups in total. The number of aryl methyl sites for hydroxylation is 1. The monoisotopic (exact) mass is 374 g/mol. The Bertz CT molecular complexity index is 1100. The van der Waals surface area contributed by atoms with Gasteiger partial charge in [-0.05, 0) is 41.7 Å². The van der Waals surface area contributed by atoms with E-state index in [4.69, 9.17) is 4.74 Å². The summed E-state index contributed by atoms with van der Waals surface area (Å²) in [4.78, 5) is 24.5. The number of carbonyl (C=O) groups excluding carboxylic acids is 1. The van der Waals surface area contributed by atoms with Crippen LogP contribution in [0.3, 0.4) is 0 Å². The van der Waals surface area contributed by atoms with Crippen molar-refractivity contribution in [2.75, 3.05) is 0 Å². The molecule has 1 aliphatic carbocycles. The summed E-state index contributed by atoms with van der Waals surface area (Å²) in [6.07, 6.45) is 5.35. The Kier molecular flexibility index (Phi) is 4.86. The molecule has 0 aliphatic heterocycles. The second kappa shape index (κ2) is 7.47. The Labute approximate surface area is 163 Å². The number of fused-ring (bicyclic) bond motifs is 2. The van der Waals surface area contributed by atoms with Gasteiger partial charge in [-0.2, -0.15) is 0 Å². The number of rotatable bonds is 4. The molecule has 0 radical (unpaired) electrons. The van der Waals surface area contributed by atoms with Gasteiger partial charge in [-0.15, -0.1) is 0 Å². The van der Waals surface area contributed by atoms with Crippen molar-refractivity contribution < 1.29 is 19.4 Å². The molecule has 0 heterocycles. The average molecular weight is 374 g/mol. The van der Waals surface area contributed by atoms with Gasteiger partial charge in [0.1, 0.15) is 5.75 Å². The van der Waals surface area contributed by atoms with E-state index in [2.05, 4.69) is 19.1 Å². The number of ether oxygens (including phenoxy) is 1. The number of benzene rings is 3. The SMILES string of the molecule is CCc1ccc2c(OC(=O)C3CC=CCC3C(=O)O)c3ccccc3cc2c1. The third kappa shape index (κ3) is 3.26. The Morgan fingerprint density at radius 2 is 1.68 bits per heavy atom. The van der Waals surface area contributed by atoms with E-state index in [9.17, 15) is 14.7 Å². The van der Waals surface area contributed by atoms with Gasteiger partial charge in [-0.3, -0.25) is 9.59 Å². The van der Waals surface area contributed by atoms with Crippen molar-refractivity contribution in [1.82, 2.24) is 0 Å². The lowest BCUT2D eigenvalue weighted by atomic mass is 9.83. The maximum atomic E-state index is 13.0. The highest BCUT2D eigenvalue weighted by Gasteiger charge is 2.35. The van der Waals surface area contributed by atoms with E-state index < -0.39 is 23.8 Å². The zero-order valence-electron chi connectivity index (χ0n) is 15.7. The Morgan fingerprint density at radius 3 is 2.43 bits per heavy atom. The Hall–Kier alpha value is -3.14. The standard InChI is InChI=1S/C24H22O4/c1-2-15-11-12-19-17(13-15)14-16-7-3-4-8-18(16)22(19)28-24(27)21-10-6-5-9-20(21)23(25)26/h3-8,11-14,20-21H,2,9-10H2,1H3,(H,25,26). The molecule has 0 aromatic heterocycles. The van der Waals surface area contributed by atoms with Crippen molar-refractivity contribution in [2.45, 2.75) is 26.2 Å². The minimum atomic E-state index is -0.957. The number of aliphatic carboxylic acids is 1. The molecule has 2 atom stereocenters. The Balaban J connectivity index is 1.81. The maximum absolute atomic E-state index is 13.0. The number of allylic oxidation sites excluding steroid dienone is 2. The van der Waals surface area contributed by atoms with E-state index >= 15 is 0 Å². The second-order valence-corrected chi connectivity index (χ2v) is 7.25. The molecule has 0 amide bonds. The van der Waals surface area contributed by atoms with E-state index in [0.29, 0.717) is 18.6 Å². The first kappa shape index (κ1) is 18.2. The van der Waals surface area contributed by atoms with Crippen LogP contribution in [0.1, 0.15) is 25.3 Å². The summed E-state index contributed by atoms with van der Waals surface area (Å²) in [7, 11) is 0. The van der Waals surface area contributed by atoms with Crippen molar-refractivity contribution in [3.63, 3.8) is 0 Å². The largest absolute Gasteiger partial charge is 0.481 e. The predicted molar refractivity (Wildman–Crippen MR) is 109 cm³/mol. The number of carbonyl (C=O) groups is 2. The van der Waals surface area contributed by atoms with Crippen LogP contribution in [0.2, 0.25) is 0 Å². The van der Waals surface area contributed by atoms with Crippen LogP contribution < -0.4 is 4.74 Å². The van der Waals surface area contributed by atoms with Crippen LogP contribution >= 0.6 is 0 Å². The molecule has 0 spiro atoms. The molecule has 3 aromatic rings. The van der Waals surface area contributed by atoms with E-state index in [1.54, 1.807) is 0 Å². The van der Waals surface area contributed by atoms with Gasteiger partial charge in [0, 0.05) is 10.8 Å². The van der Waals surface area contributed by atoms with Crippen molar-refractivity contribution in [1.29, 1.82) is 0 Å². The fraction of sp³-hybridized carbons (Fsp3) is 0.250. The molecule has 4 nitrogen and oxygen atoms in total. The third-order valence-corrected chi connectivity index (χ3v) is 5.54. The molecular weight excluding hydrogens is 352 g/mol. The first-order chi connectivity index (χ1) is 13.6. The van der Waals surface area contributed by atoms with Gasteiger partial charge in [0.2, 0.25) is 0 Å². The number of carboxylic acid groups (broad SMARTS) is 1. The summed E-state index contributed by atoms with van der Waals surface area (Å²) in [6.45, 7) is 2.10. The van der Waals surface area contributed by atoms with Gasteiger partial charge in [-0.1, -0.05) is 61.5 Å². The van der Waals surface area contributed by atoms with Crippen molar-refractivity contribution in [3.05, 3.63) is 66.2 Å². The Morgan fingerprint density at radius 1 is 0.964 bits per heavy atom. The second-order valence-electron chi connectivity index (χ2n) is 7.25. The first-order valence-electron chi connectivity index (χ1n) is 9.62. The van der Waals surface area contributed by atoms with Gasteiger partial charge in [0.05, 0.1) is 11.8 Å². The molecule has 3 aromatic carbocycles. The van der Waals surface area contributed by atoms with Crippen molar-refractivity contribution in [2.24, 2.45) is 11.8 Å². The summed E-state index contributed by atoms with van der Waals surface area (Å²) >= 11 is 0. The first-order valence-corrected chi connectivity index (χ1v) is 9.62. The lowest BCUT2D eigenvalue weighted by Gasteiger charge is -2.24. The molecule has 0 saturated heterocycles. The summed E-state index contributed by atoms with van der Waals surface area (Å²) in [5.74, 6) is -2.34. The molecule has 1 aliphatic rings. The zero-order valence-corrected chi connectivity index (χ0v) is 15.7. The topological polar surface area (TPSA) is 63.6 Å². The quantitative estimate of drug-likeness (QED) is 0.298. The number of esters is 1. The van der Waals surface area contributed by atoms with Gasteiger partial charge in [-0.25, -0.2) is 0 Å². The van der Waals surface area contributed by atoms with Gasteiger partial charge in [0.15, 0.2) is 0 Å². The molecule has 0 saturated carbocycles. The highest BCUT2D eigenvalue weighted by atomic mass is 16.5. The fourth-order valence-corrected chi connectivity index (χ4v) is 3.93. The highest BCUT2D eigenvalue weighted by molar-refractivity contribution is 6.06. The van der Waals surface area contributed by atoms with E-state index in [1.807, 2.05) is 48.6 Å². The summed E-state index contributed by atoms with van der Waals surface area (Å²) in [5.41, 5.74) is 1.21. The van der Waals surface area contributed by atoms with Crippen LogP contribution in [0, 0.1) is 11.8 Å². The van der Waals surface area contributed by atoms with E-state index in [-0.39, 0.29) is 0 Å². The van der Waals surface area contributed by atoms with Crippen molar-refractivity contribution >= 4 is 33.5 Å². The van der Waals surface area contributed by atoms with Crippen molar-refractivity contribution in [3.8, 4) is 5.75 Å². The zero-order chi connectivity index (χ0) is 19.7. The highest BCUT2D eigenvalue weighted by Crippen LogP contribution is 2.37. The minimum Gasteiger partial charge on any atom is -0.481 e. The smallest absolute Gasteiger partial charge is 0.315 e. The van der Waals surface area contributed by atoms with Gasteiger partial charge in [0.25, 0.3) is 0 Å². The average Bonchev–Trinajstić information content (AvgIpc) is 2.72. The number of hydrogen-bond donors (Lipinski definition) is 1.